The maximum atomic E-state index is 11.1. The third-order valence-corrected chi connectivity index (χ3v) is 3.32. The second-order valence-corrected chi connectivity index (χ2v) is 5.20. The highest BCUT2D eigenvalue weighted by atomic mass is 79.9. The molecule has 0 aliphatic rings. The Morgan fingerprint density at radius 1 is 1.05 bits per heavy atom. The van der Waals surface area contributed by atoms with Crippen LogP contribution in [0.25, 0.3) is 0 Å². The molecule has 1 aromatic carbocycles. The number of rotatable bonds is 9. The predicted octanol–water partition coefficient (Wildman–Crippen LogP) is 4.62. The van der Waals surface area contributed by atoms with Crippen molar-refractivity contribution in [3.8, 4) is 11.5 Å². The Balaban J connectivity index is 2.78. The van der Waals surface area contributed by atoms with E-state index in [1.807, 2.05) is 0 Å². The number of unbranched alkanes of at least 4 members (excludes halogenated alkanes) is 2. The number of benzene rings is 1. The Morgan fingerprint density at radius 3 is 2.16 bits per heavy atom. The number of carbonyl (C=O) groups excluding carboxylic acids is 1. The Hall–Kier alpha value is -1.03. The average molecular weight is 329 g/mol. The normalized spacial score (nSPS) is 10.3. The van der Waals surface area contributed by atoms with Crippen LogP contribution < -0.4 is 9.47 Å². The van der Waals surface area contributed by atoms with Crippen molar-refractivity contribution < 1.29 is 14.3 Å². The van der Waals surface area contributed by atoms with Crippen LogP contribution in [0.2, 0.25) is 0 Å². The summed E-state index contributed by atoms with van der Waals surface area (Å²) in [6.07, 6.45) is 4.93. The molecule has 0 aliphatic carbocycles. The summed E-state index contributed by atoms with van der Waals surface area (Å²) < 4.78 is 12.1. The van der Waals surface area contributed by atoms with Crippen LogP contribution in [0.3, 0.4) is 0 Å². The van der Waals surface area contributed by atoms with Crippen molar-refractivity contribution >= 4 is 22.2 Å². The highest BCUT2D eigenvalue weighted by molar-refractivity contribution is 9.10. The molecule has 4 heteroatoms. The van der Waals surface area contributed by atoms with Gasteiger partial charge in [-0.2, -0.15) is 0 Å². The van der Waals surface area contributed by atoms with Crippen molar-refractivity contribution in [2.45, 2.75) is 39.5 Å². The minimum absolute atomic E-state index is 0.533. The van der Waals surface area contributed by atoms with Gasteiger partial charge >= 0.3 is 0 Å². The molecule has 0 heterocycles. The fourth-order valence-electron chi connectivity index (χ4n) is 1.53. The van der Waals surface area contributed by atoms with Crippen molar-refractivity contribution in [1.82, 2.24) is 0 Å². The lowest BCUT2D eigenvalue weighted by molar-refractivity contribution is 0.111. The number of hydrogen-bond acceptors (Lipinski definition) is 3. The smallest absolute Gasteiger partial charge is 0.153 e. The predicted molar refractivity (Wildman–Crippen MR) is 80.3 cm³/mol. The van der Waals surface area contributed by atoms with Crippen LogP contribution in [-0.4, -0.2) is 19.5 Å². The van der Waals surface area contributed by atoms with Gasteiger partial charge in [0.2, 0.25) is 0 Å². The van der Waals surface area contributed by atoms with Crippen LogP contribution >= 0.6 is 15.9 Å². The Bertz CT molecular complexity index is 405. The van der Waals surface area contributed by atoms with E-state index in [0.29, 0.717) is 30.3 Å². The van der Waals surface area contributed by atoms with Gasteiger partial charge in [-0.05, 0) is 40.9 Å². The molecule has 1 aromatic rings. The van der Waals surface area contributed by atoms with E-state index in [-0.39, 0.29) is 0 Å². The number of ether oxygens (including phenoxy) is 2. The molecule has 0 saturated heterocycles. The summed E-state index contributed by atoms with van der Waals surface area (Å²) >= 11 is 3.45. The van der Waals surface area contributed by atoms with Gasteiger partial charge in [-0.25, -0.2) is 0 Å². The third kappa shape index (κ3) is 5.23. The molecule has 106 valence electrons. The van der Waals surface area contributed by atoms with E-state index >= 15 is 0 Å². The topological polar surface area (TPSA) is 35.5 Å². The second-order valence-electron chi connectivity index (χ2n) is 4.34. The molecule has 0 amide bonds. The van der Waals surface area contributed by atoms with E-state index in [1.54, 1.807) is 12.1 Å². The van der Waals surface area contributed by atoms with E-state index in [2.05, 4.69) is 29.8 Å². The highest BCUT2D eigenvalue weighted by Gasteiger charge is 2.10. The summed E-state index contributed by atoms with van der Waals surface area (Å²) in [4.78, 5) is 11.1. The van der Waals surface area contributed by atoms with E-state index in [1.165, 1.54) is 0 Å². The summed E-state index contributed by atoms with van der Waals surface area (Å²) in [5.41, 5.74) is 0.533. The minimum atomic E-state index is 0.533. The van der Waals surface area contributed by atoms with E-state index in [0.717, 1.165) is 36.4 Å². The van der Waals surface area contributed by atoms with Crippen molar-refractivity contribution in [2.75, 3.05) is 13.2 Å². The lowest BCUT2D eigenvalue weighted by Gasteiger charge is -2.12. The highest BCUT2D eigenvalue weighted by Crippen LogP contribution is 2.32. The van der Waals surface area contributed by atoms with Crippen LogP contribution in [0.15, 0.2) is 16.6 Å². The van der Waals surface area contributed by atoms with Gasteiger partial charge < -0.3 is 9.47 Å². The lowest BCUT2D eigenvalue weighted by atomic mass is 10.2. The van der Waals surface area contributed by atoms with Gasteiger partial charge in [0, 0.05) is 0 Å². The fraction of sp³-hybridized carbons (Fsp3) is 0.533. The number of halogens is 1. The van der Waals surface area contributed by atoms with Gasteiger partial charge in [0.25, 0.3) is 0 Å². The van der Waals surface area contributed by atoms with E-state index < -0.39 is 0 Å². The first-order valence-corrected chi connectivity index (χ1v) is 7.56. The summed E-state index contributed by atoms with van der Waals surface area (Å²) in [6, 6.07) is 3.54. The van der Waals surface area contributed by atoms with E-state index in [4.69, 9.17) is 9.47 Å². The van der Waals surface area contributed by atoms with E-state index in [9.17, 15) is 4.79 Å². The summed E-state index contributed by atoms with van der Waals surface area (Å²) in [5.74, 6) is 1.30. The maximum absolute atomic E-state index is 11.1. The second kappa shape index (κ2) is 8.97. The molecule has 0 fully saturated rings. The lowest BCUT2D eigenvalue weighted by Crippen LogP contribution is -2.02. The van der Waals surface area contributed by atoms with Gasteiger partial charge in [-0.3, -0.25) is 4.79 Å². The first kappa shape index (κ1) is 16.0. The van der Waals surface area contributed by atoms with Gasteiger partial charge in [0.1, 0.15) is 11.5 Å². The SMILES string of the molecule is CCCCOc1cc(C=O)c(OCCCC)cc1Br. The number of aldehydes is 1. The zero-order chi connectivity index (χ0) is 14.1. The molecule has 0 bridgehead atoms. The van der Waals surface area contributed by atoms with Gasteiger partial charge in [0.05, 0.1) is 23.2 Å². The first-order chi connectivity index (χ1) is 9.22. The summed E-state index contributed by atoms with van der Waals surface area (Å²) in [5, 5.41) is 0. The molecule has 1 rings (SSSR count). The zero-order valence-electron chi connectivity index (χ0n) is 11.6. The quantitative estimate of drug-likeness (QED) is 0.490. The molecule has 0 saturated carbocycles. The van der Waals surface area contributed by atoms with Crippen LogP contribution in [0.1, 0.15) is 49.9 Å². The molecular weight excluding hydrogens is 308 g/mol. The average Bonchev–Trinajstić information content (AvgIpc) is 2.41. The van der Waals surface area contributed by atoms with Crippen molar-refractivity contribution in [1.29, 1.82) is 0 Å². The molecule has 0 unspecified atom stereocenters. The maximum Gasteiger partial charge on any atom is 0.153 e. The van der Waals surface area contributed by atoms with Crippen LogP contribution in [0, 0.1) is 0 Å². The Morgan fingerprint density at radius 2 is 1.63 bits per heavy atom. The van der Waals surface area contributed by atoms with Gasteiger partial charge in [0.15, 0.2) is 6.29 Å². The molecule has 0 aliphatic heterocycles. The fourth-order valence-corrected chi connectivity index (χ4v) is 1.97. The molecule has 19 heavy (non-hydrogen) atoms. The number of hydrogen-bond donors (Lipinski definition) is 0. The molecular formula is C15H21BrO3. The zero-order valence-corrected chi connectivity index (χ0v) is 13.2. The standard InChI is InChI=1S/C15H21BrO3/c1-3-5-7-18-14-10-13(16)15(9-12(14)11-17)19-8-6-4-2/h9-11H,3-8H2,1-2H3. The molecule has 0 spiro atoms. The molecule has 0 radical (unpaired) electrons. The Labute approximate surface area is 123 Å². The largest absolute Gasteiger partial charge is 0.493 e. The molecule has 0 N–H and O–H groups in total. The van der Waals surface area contributed by atoms with Gasteiger partial charge in [-0.1, -0.05) is 26.7 Å². The van der Waals surface area contributed by atoms with Crippen LogP contribution in [0.4, 0.5) is 0 Å². The molecule has 3 nitrogen and oxygen atoms in total. The van der Waals surface area contributed by atoms with Crippen molar-refractivity contribution in [3.63, 3.8) is 0 Å². The molecule has 0 aromatic heterocycles. The van der Waals surface area contributed by atoms with Gasteiger partial charge in [-0.15, -0.1) is 0 Å². The first-order valence-electron chi connectivity index (χ1n) is 6.77. The summed E-state index contributed by atoms with van der Waals surface area (Å²) in [6.45, 7) is 5.49. The molecule has 0 atom stereocenters. The third-order valence-electron chi connectivity index (χ3n) is 2.70. The Kier molecular flexibility index (Phi) is 7.56. The van der Waals surface area contributed by atoms with Crippen LogP contribution in [0.5, 0.6) is 11.5 Å². The monoisotopic (exact) mass is 328 g/mol. The van der Waals surface area contributed by atoms with Crippen molar-refractivity contribution in [2.24, 2.45) is 0 Å². The minimum Gasteiger partial charge on any atom is -0.493 e. The number of carbonyl (C=O) groups is 1. The van der Waals surface area contributed by atoms with Crippen molar-refractivity contribution in [3.05, 3.63) is 22.2 Å². The van der Waals surface area contributed by atoms with Crippen LogP contribution in [-0.2, 0) is 0 Å². The summed E-state index contributed by atoms with van der Waals surface area (Å²) in [7, 11) is 0.